The largest absolute Gasteiger partial charge is 0.355 e. The molecule has 2 aliphatic rings. The zero-order chi connectivity index (χ0) is 14.1. The summed E-state index contributed by atoms with van der Waals surface area (Å²) in [5, 5.41) is 6.07. The van der Waals surface area contributed by atoms with Crippen LogP contribution in [-0.2, 0) is 14.6 Å². The van der Waals surface area contributed by atoms with Gasteiger partial charge in [-0.1, -0.05) is 13.8 Å². The van der Waals surface area contributed by atoms with Crippen molar-refractivity contribution < 1.29 is 13.2 Å². The summed E-state index contributed by atoms with van der Waals surface area (Å²) in [6, 6.07) is -0.229. The van der Waals surface area contributed by atoms with Gasteiger partial charge in [-0.25, -0.2) is 8.42 Å². The van der Waals surface area contributed by atoms with Crippen LogP contribution >= 0.6 is 0 Å². The second-order valence-corrected chi connectivity index (χ2v) is 8.49. The fourth-order valence-corrected chi connectivity index (χ4v) is 4.13. The zero-order valence-corrected chi connectivity index (χ0v) is 12.6. The predicted octanol–water partition coefficient (Wildman–Crippen LogP) is 0.316. The molecule has 19 heavy (non-hydrogen) atoms. The minimum atomic E-state index is -2.96. The summed E-state index contributed by atoms with van der Waals surface area (Å²) in [4.78, 5) is 11.9. The molecule has 0 aromatic carbocycles. The maximum atomic E-state index is 11.9. The van der Waals surface area contributed by atoms with Crippen molar-refractivity contribution in [1.29, 1.82) is 0 Å². The lowest BCUT2D eigenvalue weighted by Crippen LogP contribution is -2.47. The first kappa shape index (κ1) is 14.8. The number of amides is 1. The Labute approximate surface area is 115 Å². The van der Waals surface area contributed by atoms with E-state index in [-0.39, 0.29) is 29.9 Å². The second-order valence-electron chi connectivity index (χ2n) is 6.26. The number of hydrogen-bond acceptors (Lipinski definition) is 4. The molecule has 2 rings (SSSR count). The van der Waals surface area contributed by atoms with Gasteiger partial charge in [0.2, 0.25) is 5.91 Å². The van der Waals surface area contributed by atoms with E-state index in [1.165, 1.54) is 12.8 Å². The summed E-state index contributed by atoms with van der Waals surface area (Å²) >= 11 is 0. The van der Waals surface area contributed by atoms with E-state index < -0.39 is 9.84 Å². The van der Waals surface area contributed by atoms with Gasteiger partial charge in [0.15, 0.2) is 9.84 Å². The third-order valence-corrected chi connectivity index (χ3v) is 6.22. The molecule has 1 heterocycles. The number of carbonyl (C=O) groups is 1. The first-order valence-corrected chi connectivity index (χ1v) is 8.86. The monoisotopic (exact) mass is 288 g/mol. The maximum Gasteiger partial charge on any atom is 0.221 e. The molecule has 1 aliphatic heterocycles. The summed E-state index contributed by atoms with van der Waals surface area (Å²) in [6.07, 6.45) is 2.62. The van der Waals surface area contributed by atoms with E-state index in [9.17, 15) is 13.2 Å². The predicted molar refractivity (Wildman–Crippen MR) is 74.6 cm³/mol. The molecule has 1 aliphatic carbocycles. The van der Waals surface area contributed by atoms with Crippen molar-refractivity contribution in [2.75, 3.05) is 24.6 Å². The van der Waals surface area contributed by atoms with Crippen molar-refractivity contribution in [2.24, 2.45) is 11.3 Å². The fraction of sp³-hybridized carbons (Fsp3) is 0.923. The molecule has 1 saturated heterocycles. The average Bonchev–Trinajstić information content (AvgIpc) is 3.06. The number of sulfone groups is 1. The van der Waals surface area contributed by atoms with Gasteiger partial charge < -0.3 is 10.6 Å². The van der Waals surface area contributed by atoms with E-state index >= 15 is 0 Å². The lowest BCUT2D eigenvalue weighted by atomic mass is 9.92. The molecule has 1 amide bonds. The Morgan fingerprint density at radius 2 is 2.11 bits per heavy atom. The lowest BCUT2D eigenvalue weighted by Gasteiger charge is -2.24. The van der Waals surface area contributed by atoms with Crippen LogP contribution in [-0.4, -0.2) is 45.0 Å². The van der Waals surface area contributed by atoms with Crippen LogP contribution < -0.4 is 10.6 Å². The van der Waals surface area contributed by atoms with Gasteiger partial charge in [0.1, 0.15) is 0 Å². The molecule has 1 unspecified atom stereocenters. The van der Waals surface area contributed by atoms with Crippen LogP contribution in [0.15, 0.2) is 0 Å². The van der Waals surface area contributed by atoms with Gasteiger partial charge in [0.05, 0.1) is 11.5 Å². The molecule has 0 radical (unpaired) electrons. The molecule has 110 valence electrons. The molecule has 0 spiro atoms. The Morgan fingerprint density at radius 3 is 2.63 bits per heavy atom. The highest BCUT2D eigenvalue weighted by atomic mass is 32.2. The molecule has 0 bridgehead atoms. The second kappa shape index (κ2) is 5.40. The van der Waals surface area contributed by atoms with Gasteiger partial charge in [-0.2, -0.15) is 0 Å². The van der Waals surface area contributed by atoms with E-state index in [0.717, 1.165) is 6.54 Å². The maximum absolute atomic E-state index is 11.9. The van der Waals surface area contributed by atoms with Crippen LogP contribution in [0.1, 0.15) is 33.1 Å². The minimum absolute atomic E-state index is 0.0403. The molecule has 1 saturated carbocycles. The Balaban J connectivity index is 1.76. The van der Waals surface area contributed by atoms with E-state index in [1.54, 1.807) is 0 Å². The lowest BCUT2D eigenvalue weighted by molar-refractivity contribution is -0.121. The van der Waals surface area contributed by atoms with Crippen LogP contribution in [0.4, 0.5) is 0 Å². The van der Waals surface area contributed by atoms with Crippen LogP contribution in [0.25, 0.3) is 0 Å². The Kier molecular flexibility index (Phi) is 4.20. The number of carbonyl (C=O) groups excluding carboxylic acids is 1. The van der Waals surface area contributed by atoms with Gasteiger partial charge in [0.25, 0.3) is 0 Å². The van der Waals surface area contributed by atoms with Gasteiger partial charge in [-0.05, 0) is 24.2 Å². The summed E-state index contributed by atoms with van der Waals surface area (Å²) in [5.74, 6) is 0.805. The smallest absolute Gasteiger partial charge is 0.221 e. The van der Waals surface area contributed by atoms with Crippen molar-refractivity contribution in [1.82, 2.24) is 10.6 Å². The first-order chi connectivity index (χ1) is 8.83. The highest BCUT2D eigenvalue weighted by Crippen LogP contribution is 2.51. The van der Waals surface area contributed by atoms with Gasteiger partial charge >= 0.3 is 0 Å². The van der Waals surface area contributed by atoms with E-state index in [1.807, 2.05) is 0 Å². The van der Waals surface area contributed by atoms with E-state index in [0.29, 0.717) is 17.9 Å². The highest BCUT2D eigenvalue weighted by molar-refractivity contribution is 7.91. The third kappa shape index (κ3) is 3.92. The zero-order valence-electron chi connectivity index (χ0n) is 11.7. The molecular weight excluding hydrogens is 264 g/mol. The minimum Gasteiger partial charge on any atom is -0.355 e. The third-order valence-electron chi connectivity index (χ3n) is 4.49. The Hall–Kier alpha value is -0.620. The normalized spacial score (nSPS) is 28.1. The molecule has 0 aromatic heterocycles. The topological polar surface area (TPSA) is 75.3 Å². The van der Waals surface area contributed by atoms with E-state index in [4.69, 9.17) is 0 Å². The number of rotatable bonds is 5. The highest BCUT2D eigenvalue weighted by Gasteiger charge is 2.45. The fourth-order valence-electron chi connectivity index (χ4n) is 2.69. The Bertz CT molecular complexity index is 441. The number of hydrogen-bond donors (Lipinski definition) is 2. The van der Waals surface area contributed by atoms with Crippen molar-refractivity contribution in [3.63, 3.8) is 0 Å². The molecule has 2 N–H and O–H groups in total. The summed E-state index contributed by atoms with van der Waals surface area (Å²) in [5.41, 5.74) is 0.293. The van der Waals surface area contributed by atoms with Crippen molar-refractivity contribution in [3.8, 4) is 0 Å². The van der Waals surface area contributed by atoms with Crippen LogP contribution in [0.3, 0.4) is 0 Å². The molecule has 0 aromatic rings. The molecular formula is C13H24N2O3S. The summed E-state index contributed by atoms with van der Waals surface area (Å²) in [7, 11) is -2.96. The Morgan fingerprint density at radius 1 is 1.42 bits per heavy atom. The van der Waals surface area contributed by atoms with Gasteiger partial charge in [0, 0.05) is 25.6 Å². The SMILES string of the molecule is CC(C)C1(CNC(=O)CC2CS(=O)(=O)CCN2)CC1. The molecule has 1 atom stereocenters. The van der Waals surface area contributed by atoms with Crippen LogP contribution in [0, 0.1) is 11.3 Å². The molecule has 5 nitrogen and oxygen atoms in total. The standard InChI is InChI=1S/C13H24N2O3S/c1-10(2)13(3-4-13)9-15-12(16)7-11-8-19(17,18)6-5-14-11/h10-11,14H,3-9H2,1-2H3,(H,15,16). The number of nitrogens with one attached hydrogen (secondary N) is 2. The first-order valence-electron chi connectivity index (χ1n) is 7.03. The van der Waals surface area contributed by atoms with Gasteiger partial charge in [-0.3, -0.25) is 4.79 Å². The van der Waals surface area contributed by atoms with Gasteiger partial charge in [-0.15, -0.1) is 0 Å². The quantitative estimate of drug-likeness (QED) is 0.764. The molecule has 2 fully saturated rings. The van der Waals surface area contributed by atoms with Crippen LogP contribution in [0.2, 0.25) is 0 Å². The van der Waals surface area contributed by atoms with E-state index in [2.05, 4.69) is 24.5 Å². The van der Waals surface area contributed by atoms with Crippen molar-refractivity contribution in [3.05, 3.63) is 0 Å². The summed E-state index contributed by atoms with van der Waals surface area (Å²) < 4.78 is 23.0. The van der Waals surface area contributed by atoms with Crippen molar-refractivity contribution in [2.45, 2.75) is 39.2 Å². The van der Waals surface area contributed by atoms with Crippen molar-refractivity contribution >= 4 is 15.7 Å². The molecule has 6 heteroatoms. The average molecular weight is 288 g/mol. The summed E-state index contributed by atoms with van der Waals surface area (Å²) in [6.45, 7) is 5.56. The van der Waals surface area contributed by atoms with Crippen LogP contribution in [0.5, 0.6) is 0 Å².